The molecule has 0 amide bonds. The third-order valence-corrected chi connectivity index (χ3v) is 2.88. The summed E-state index contributed by atoms with van der Waals surface area (Å²) in [5, 5.41) is 9.91. The van der Waals surface area contributed by atoms with Gasteiger partial charge in [-0.15, -0.1) is 0 Å². The van der Waals surface area contributed by atoms with Gasteiger partial charge in [0.1, 0.15) is 11.9 Å². The Morgan fingerprint density at radius 3 is 2.94 bits per heavy atom. The Morgan fingerprint density at radius 1 is 1.22 bits per heavy atom. The van der Waals surface area contributed by atoms with Crippen molar-refractivity contribution in [2.45, 2.75) is 0 Å². The molecule has 0 aliphatic heterocycles. The Morgan fingerprint density at radius 2 is 2.11 bits per heavy atom. The standard InChI is InChI=1S/C15H8FN2/c16-14-6-5-13(9-12(14)10-17)18-8-7-11-3-1-2-4-15(11)18/h2-9H. The fourth-order valence-corrected chi connectivity index (χ4v) is 2.00. The summed E-state index contributed by atoms with van der Waals surface area (Å²) >= 11 is 0. The fraction of sp³-hybridized carbons (Fsp3) is 0. The lowest BCUT2D eigenvalue weighted by Gasteiger charge is -2.06. The lowest BCUT2D eigenvalue weighted by atomic mass is 10.2. The number of rotatable bonds is 1. The first-order valence-electron chi connectivity index (χ1n) is 5.47. The summed E-state index contributed by atoms with van der Waals surface area (Å²) in [4.78, 5) is 0. The van der Waals surface area contributed by atoms with Crippen molar-refractivity contribution in [2.75, 3.05) is 0 Å². The van der Waals surface area contributed by atoms with Crippen molar-refractivity contribution in [1.29, 1.82) is 5.26 Å². The predicted octanol–water partition coefficient (Wildman–Crippen LogP) is 3.44. The summed E-state index contributed by atoms with van der Waals surface area (Å²) in [6, 6.07) is 17.0. The second-order valence-corrected chi connectivity index (χ2v) is 3.95. The molecule has 85 valence electrons. The minimum atomic E-state index is -0.494. The van der Waals surface area contributed by atoms with Gasteiger partial charge in [0.05, 0.1) is 11.1 Å². The van der Waals surface area contributed by atoms with Crippen LogP contribution in [0.5, 0.6) is 0 Å². The van der Waals surface area contributed by atoms with E-state index in [4.69, 9.17) is 5.26 Å². The summed E-state index contributed by atoms with van der Waals surface area (Å²) in [6.45, 7) is 0. The van der Waals surface area contributed by atoms with Crippen molar-refractivity contribution in [3.63, 3.8) is 0 Å². The van der Waals surface area contributed by atoms with Gasteiger partial charge in [-0.1, -0.05) is 6.07 Å². The molecule has 1 heterocycles. The third kappa shape index (κ3) is 1.56. The van der Waals surface area contributed by atoms with E-state index in [1.165, 1.54) is 6.07 Å². The number of halogens is 1. The number of hydrogen-bond acceptors (Lipinski definition) is 1. The first-order valence-corrected chi connectivity index (χ1v) is 5.47. The zero-order valence-corrected chi connectivity index (χ0v) is 9.39. The molecule has 2 nitrogen and oxygen atoms in total. The largest absolute Gasteiger partial charge is 0.317 e. The Balaban J connectivity index is 2.24. The van der Waals surface area contributed by atoms with Crippen LogP contribution in [0.15, 0.2) is 48.7 Å². The van der Waals surface area contributed by atoms with Gasteiger partial charge in [-0.25, -0.2) is 4.39 Å². The molecule has 0 spiro atoms. The van der Waals surface area contributed by atoms with Crippen LogP contribution in [0.3, 0.4) is 0 Å². The molecule has 18 heavy (non-hydrogen) atoms. The maximum absolute atomic E-state index is 13.3. The molecular formula is C15H8FN2. The van der Waals surface area contributed by atoms with Crippen LogP contribution in [0.2, 0.25) is 0 Å². The average Bonchev–Trinajstić information content (AvgIpc) is 2.83. The molecule has 2 aromatic carbocycles. The Labute approximate surface area is 104 Å². The van der Waals surface area contributed by atoms with Crippen LogP contribution in [0, 0.1) is 23.2 Å². The van der Waals surface area contributed by atoms with Crippen molar-refractivity contribution in [1.82, 2.24) is 4.57 Å². The summed E-state index contributed by atoms with van der Waals surface area (Å²) < 4.78 is 15.2. The Bertz CT molecular complexity index is 766. The van der Waals surface area contributed by atoms with E-state index in [2.05, 4.69) is 6.07 Å². The first kappa shape index (κ1) is 10.5. The summed E-state index contributed by atoms with van der Waals surface area (Å²) in [6.07, 6.45) is 1.90. The lowest BCUT2D eigenvalue weighted by molar-refractivity contribution is 0.623. The molecule has 0 saturated heterocycles. The van der Waals surface area contributed by atoms with E-state index < -0.39 is 5.82 Å². The first-order chi connectivity index (χ1) is 8.79. The van der Waals surface area contributed by atoms with E-state index in [9.17, 15) is 4.39 Å². The average molecular weight is 235 g/mol. The van der Waals surface area contributed by atoms with Crippen molar-refractivity contribution in [3.05, 3.63) is 66.1 Å². The summed E-state index contributed by atoms with van der Waals surface area (Å²) in [7, 11) is 0. The normalized spacial score (nSPS) is 10.4. The minimum Gasteiger partial charge on any atom is -0.317 e. The van der Waals surface area contributed by atoms with Crippen LogP contribution < -0.4 is 0 Å². The fourth-order valence-electron chi connectivity index (χ4n) is 2.00. The van der Waals surface area contributed by atoms with Crippen LogP contribution in [0.1, 0.15) is 5.56 Å². The molecule has 0 aliphatic rings. The van der Waals surface area contributed by atoms with Crippen molar-refractivity contribution >= 4 is 10.9 Å². The highest BCUT2D eigenvalue weighted by atomic mass is 19.1. The molecule has 0 N–H and O–H groups in total. The molecule has 1 radical (unpaired) electrons. The molecular weight excluding hydrogens is 227 g/mol. The summed E-state index contributed by atoms with van der Waals surface area (Å²) in [5.74, 6) is -0.494. The van der Waals surface area contributed by atoms with Gasteiger partial charge in [-0.05, 0) is 42.5 Å². The smallest absolute Gasteiger partial charge is 0.141 e. The highest BCUT2D eigenvalue weighted by Crippen LogP contribution is 2.21. The molecule has 3 heteroatoms. The van der Waals surface area contributed by atoms with E-state index >= 15 is 0 Å². The van der Waals surface area contributed by atoms with E-state index in [-0.39, 0.29) is 5.56 Å². The SMILES string of the molecule is N#Cc1cc(-n2ccc3c[c]ccc32)ccc1F. The van der Waals surface area contributed by atoms with Gasteiger partial charge in [0, 0.05) is 17.3 Å². The zero-order chi connectivity index (χ0) is 12.5. The monoisotopic (exact) mass is 235 g/mol. The maximum atomic E-state index is 13.3. The molecule has 0 bridgehead atoms. The quantitative estimate of drug-likeness (QED) is 0.635. The van der Waals surface area contributed by atoms with Crippen LogP contribution in [0.4, 0.5) is 4.39 Å². The number of aromatic nitrogens is 1. The van der Waals surface area contributed by atoms with Crippen LogP contribution in [0.25, 0.3) is 16.6 Å². The van der Waals surface area contributed by atoms with Crippen molar-refractivity contribution < 1.29 is 4.39 Å². The number of benzene rings is 2. The van der Waals surface area contributed by atoms with E-state index in [0.717, 1.165) is 16.6 Å². The number of nitriles is 1. The predicted molar refractivity (Wildman–Crippen MR) is 66.8 cm³/mol. The van der Waals surface area contributed by atoms with Crippen molar-refractivity contribution in [3.8, 4) is 11.8 Å². The van der Waals surface area contributed by atoms with E-state index in [1.54, 1.807) is 12.1 Å². The number of nitrogens with zero attached hydrogens (tertiary/aromatic N) is 2. The molecule has 3 aromatic rings. The molecule has 0 fully saturated rings. The Kier molecular flexibility index (Phi) is 2.35. The number of hydrogen-bond donors (Lipinski definition) is 0. The van der Waals surface area contributed by atoms with Gasteiger partial charge in [0.15, 0.2) is 0 Å². The van der Waals surface area contributed by atoms with Gasteiger partial charge in [-0.2, -0.15) is 5.26 Å². The molecule has 0 aliphatic carbocycles. The van der Waals surface area contributed by atoms with Gasteiger partial charge < -0.3 is 4.57 Å². The van der Waals surface area contributed by atoms with Crippen LogP contribution in [-0.4, -0.2) is 4.57 Å². The molecule has 0 saturated carbocycles. The molecule has 0 unspecified atom stereocenters. The summed E-state index contributed by atoms with van der Waals surface area (Å²) in [5.41, 5.74) is 1.83. The van der Waals surface area contributed by atoms with Crippen molar-refractivity contribution in [2.24, 2.45) is 0 Å². The van der Waals surface area contributed by atoms with Gasteiger partial charge in [0.25, 0.3) is 0 Å². The number of fused-ring (bicyclic) bond motifs is 1. The second kappa shape index (κ2) is 4.01. The van der Waals surface area contributed by atoms with E-state index in [1.807, 2.05) is 41.1 Å². The lowest BCUT2D eigenvalue weighted by Crippen LogP contribution is -1.94. The second-order valence-electron chi connectivity index (χ2n) is 3.95. The van der Waals surface area contributed by atoms with Gasteiger partial charge in [0.2, 0.25) is 0 Å². The zero-order valence-electron chi connectivity index (χ0n) is 9.39. The highest BCUT2D eigenvalue weighted by molar-refractivity contribution is 5.81. The Hall–Kier alpha value is -2.60. The topological polar surface area (TPSA) is 28.7 Å². The van der Waals surface area contributed by atoms with Crippen LogP contribution in [-0.2, 0) is 0 Å². The van der Waals surface area contributed by atoms with Crippen LogP contribution >= 0.6 is 0 Å². The van der Waals surface area contributed by atoms with Gasteiger partial charge in [-0.3, -0.25) is 0 Å². The van der Waals surface area contributed by atoms with Gasteiger partial charge >= 0.3 is 0 Å². The third-order valence-electron chi connectivity index (χ3n) is 2.88. The van der Waals surface area contributed by atoms with E-state index in [0.29, 0.717) is 0 Å². The molecule has 0 atom stereocenters. The highest BCUT2D eigenvalue weighted by Gasteiger charge is 2.06. The minimum absolute atomic E-state index is 0.0526. The maximum Gasteiger partial charge on any atom is 0.141 e. The molecule has 3 rings (SSSR count). The molecule has 1 aromatic heterocycles.